The Kier molecular flexibility index (Phi) is 23.0. The average Bonchev–Trinajstić information content (AvgIpc) is 3.67. The van der Waals surface area contributed by atoms with E-state index in [9.17, 15) is 79.2 Å². The molecule has 83 heavy (non-hydrogen) atoms. The molecule has 8 bridgehead atoms. The first kappa shape index (κ1) is 62.7. The molecule has 4 aromatic carbocycles. The molecule has 29 heteroatoms. The van der Waals surface area contributed by atoms with Crippen molar-refractivity contribution in [3.63, 3.8) is 0 Å². The molecule has 446 valence electrons. The number of benzene rings is 4. The third-order valence-electron chi connectivity index (χ3n) is 13.3. The van der Waals surface area contributed by atoms with Gasteiger partial charge in [-0.3, -0.25) is 48.2 Å². The monoisotopic (exact) mass is 1160 g/mol. The minimum atomic E-state index is -0.961. The molecule has 16 rings (SSSR count). The zero-order valence-corrected chi connectivity index (χ0v) is 45.0. The number of hydrogen-bond donors (Lipinski definition) is 17. The van der Waals surface area contributed by atoms with Gasteiger partial charge in [0.25, 0.3) is 47.3 Å². The Morgan fingerprint density at radius 1 is 0.482 bits per heavy atom. The molecular weight excluding hydrogens is 1090 g/mol. The van der Waals surface area contributed by atoms with Crippen molar-refractivity contribution in [2.75, 3.05) is 112 Å². The number of ether oxygens (including phenoxy) is 2. The number of nitrogens with zero attached hydrogens (tertiary/aromatic N) is 2. The maximum absolute atomic E-state index is 13.6. The molecular formula is C54H67N11O18. The van der Waals surface area contributed by atoms with Crippen LogP contribution in [0.2, 0.25) is 0 Å². The fourth-order valence-corrected chi connectivity index (χ4v) is 8.66. The molecule has 4 aromatic rings. The van der Waals surface area contributed by atoms with Crippen LogP contribution in [-0.2, 0) is 9.47 Å². The summed E-state index contributed by atoms with van der Waals surface area (Å²) < 4.78 is 10.6. The molecule has 12 aliphatic rings. The van der Waals surface area contributed by atoms with Gasteiger partial charge in [-0.15, -0.1) is 0 Å². The Bertz CT molecular complexity index is 3010. The number of aromatic hydroxyl groups is 8. The minimum Gasteiger partial charge on any atom is -0.504 e. The Hall–Kier alpha value is -9.45. The van der Waals surface area contributed by atoms with Crippen molar-refractivity contribution >= 4 is 53.0 Å². The van der Waals surface area contributed by atoms with Crippen molar-refractivity contribution in [2.45, 2.75) is 19.3 Å². The number of hydrogen-bond acceptors (Lipinski definition) is 21. The number of amides is 8. The van der Waals surface area contributed by atoms with Crippen molar-refractivity contribution < 1.29 is 88.7 Å². The summed E-state index contributed by atoms with van der Waals surface area (Å²) in [6, 6.07) is 8.93. The van der Waals surface area contributed by atoms with Crippen LogP contribution in [0.25, 0.3) is 0 Å². The molecule has 12 aliphatic heterocycles. The Morgan fingerprint density at radius 2 is 0.843 bits per heavy atom. The summed E-state index contributed by atoms with van der Waals surface area (Å²) in [5.74, 6) is -14.6. The summed E-state index contributed by atoms with van der Waals surface area (Å²) in [5.41, 5.74) is 2.27. The summed E-state index contributed by atoms with van der Waals surface area (Å²) in [5, 5.41) is 108. The van der Waals surface area contributed by atoms with Crippen LogP contribution in [0.4, 0.5) is 0 Å². The van der Waals surface area contributed by atoms with Crippen LogP contribution < -0.4 is 48.3 Å². The SMILES string of the molecule is NCCOCCOCCNC(=O)c1ccc(C(=O)NCC2=NCCC3CCNC(=O)c4ccc(c(O)c4O)C(=O)NCCN(CCNC(=O)c4ccc(c(O)c4O)C(=O)NCC3)CCNC(=O)c3ccc(c(O)c3O)C(=O)NC2)c(O)c1O. The molecule has 0 aliphatic carbocycles. The third kappa shape index (κ3) is 16.8. The van der Waals surface area contributed by atoms with Gasteiger partial charge in [-0.2, -0.15) is 0 Å². The Balaban J connectivity index is 1.30. The van der Waals surface area contributed by atoms with Gasteiger partial charge in [0, 0.05) is 72.0 Å². The van der Waals surface area contributed by atoms with E-state index in [1.54, 1.807) is 4.90 Å². The van der Waals surface area contributed by atoms with E-state index in [-0.39, 0.29) is 138 Å². The molecule has 8 amide bonds. The largest absolute Gasteiger partial charge is 0.504 e. The first-order valence-electron chi connectivity index (χ1n) is 26.4. The summed E-state index contributed by atoms with van der Waals surface area (Å²) >= 11 is 0. The number of nitrogens with one attached hydrogen (secondary N) is 8. The number of nitrogens with two attached hydrogens (primary N) is 1. The van der Waals surface area contributed by atoms with Crippen LogP contribution in [0.15, 0.2) is 53.5 Å². The fourth-order valence-electron chi connectivity index (χ4n) is 8.66. The molecule has 0 saturated carbocycles. The van der Waals surface area contributed by atoms with Crippen LogP contribution >= 0.6 is 0 Å². The van der Waals surface area contributed by atoms with Crippen LogP contribution in [0.1, 0.15) is 102 Å². The number of phenols is 8. The molecule has 0 radical (unpaired) electrons. The molecule has 29 nitrogen and oxygen atoms in total. The molecule has 12 heterocycles. The standard InChI is InChI=1S/C54H67N11O18/c55-12-23-82-25-26-83-24-19-62-52(79)36-6-8-38(46(73)44(36)71)54(81)64-28-30-27-63-53(80)37-7-5-35(43(70)45(37)72)51(78)61-18-22-65-20-16-59-49(76)33-3-1-31(39(66)41(33)68)47(74)57-14-10-29(9-13-56-30)11-15-58-48(75)32-2-4-34(42(69)40(32)67)50(77)60-17-21-65/h1-8,29,66-73H,9-28,55H2,(H,57,74)(H,58,75)(H,59,76)(H,60,77)(H,61,78)(H,62,79)(H,63,80)(H,64,81). The number of carbonyl (C=O) groups excluding carboxylic acids is 8. The number of aliphatic imine (C=N–C) groups is 1. The second-order valence-electron chi connectivity index (χ2n) is 18.9. The highest BCUT2D eigenvalue weighted by molar-refractivity contribution is 6.07. The molecule has 0 aromatic heterocycles. The lowest BCUT2D eigenvalue weighted by Gasteiger charge is -2.23. The predicted molar refractivity (Wildman–Crippen MR) is 295 cm³/mol. The smallest absolute Gasteiger partial charge is 0.255 e. The van der Waals surface area contributed by atoms with E-state index in [1.165, 1.54) is 0 Å². The van der Waals surface area contributed by atoms with E-state index in [1.807, 2.05) is 0 Å². The number of carbonyl (C=O) groups is 8. The summed E-state index contributed by atoms with van der Waals surface area (Å²) in [6.07, 6.45) is 0.519. The summed E-state index contributed by atoms with van der Waals surface area (Å²) in [7, 11) is 0. The average molecular weight is 1160 g/mol. The Morgan fingerprint density at radius 3 is 1.24 bits per heavy atom. The van der Waals surface area contributed by atoms with Gasteiger partial charge >= 0.3 is 0 Å². The van der Waals surface area contributed by atoms with E-state index >= 15 is 0 Å². The number of rotatable bonds is 12. The first-order valence-corrected chi connectivity index (χ1v) is 26.4. The topological polar surface area (TPSA) is 455 Å². The minimum absolute atomic E-state index is 0.0149. The van der Waals surface area contributed by atoms with Gasteiger partial charge in [0.05, 0.1) is 89.7 Å². The third-order valence-corrected chi connectivity index (χ3v) is 13.3. The highest BCUT2D eigenvalue weighted by Crippen LogP contribution is 2.36. The van der Waals surface area contributed by atoms with Crippen LogP contribution in [0, 0.1) is 5.92 Å². The van der Waals surface area contributed by atoms with E-state index in [0.717, 1.165) is 48.5 Å². The zero-order valence-electron chi connectivity index (χ0n) is 45.0. The van der Waals surface area contributed by atoms with Crippen LogP contribution in [0.5, 0.6) is 46.0 Å². The fraction of sp³-hybridized carbons (Fsp3) is 0.389. The van der Waals surface area contributed by atoms with Gasteiger partial charge in [-0.25, -0.2) is 0 Å². The maximum atomic E-state index is 13.6. The maximum Gasteiger partial charge on any atom is 0.255 e. The van der Waals surface area contributed by atoms with E-state index < -0.39 is 129 Å². The highest BCUT2D eigenvalue weighted by Gasteiger charge is 2.27. The summed E-state index contributed by atoms with van der Waals surface area (Å²) in [4.78, 5) is 113. The van der Waals surface area contributed by atoms with E-state index in [4.69, 9.17) is 15.2 Å². The van der Waals surface area contributed by atoms with Crippen molar-refractivity contribution in [1.29, 1.82) is 0 Å². The lowest BCUT2D eigenvalue weighted by molar-refractivity contribution is 0.0511. The molecule has 0 fully saturated rings. The second-order valence-corrected chi connectivity index (χ2v) is 18.9. The van der Waals surface area contributed by atoms with Gasteiger partial charge in [-0.05, 0) is 73.7 Å². The highest BCUT2D eigenvalue weighted by atomic mass is 16.5. The Labute approximate surface area is 474 Å². The normalized spacial score (nSPS) is 17.3. The van der Waals surface area contributed by atoms with Gasteiger partial charge in [-0.1, -0.05) is 0 Å². The van der Waals surface area contributed by atoms with Gasteiger partial charge in [0.15, 0.2) is 46.0 Å². The van der Waals surface area contributed by atoms with Gasteiger partial charge in [0.1, 0.15) is 0 Å². The lowest BCUT2D eigenvalue weighted by Crippen LogP contribution is -2.43. The van der Waals surface area contributed by atoms with Gasteiger partial charge in [0.2, 0.25) is 0 Å². The van der Waals surface area contributed by atoms with Crippen molar-refractivity contribution in [2.24, 2.45) is 16.6 Å². The van der Waals surface area contributed by atoms with Crippen molar-refractivity contribution in [3.05, 3.63) is 93.0 Å². The van der Waals surface area contributed by atoms with E-state index in [2.05, 4.69) is 47.5 Å². The van der Waals surface area contributed by atoms with Crippen LogP contribution in [-0.4, -0.2) is 210 Å². The second kappa shape index (κ2) is 30.4. The van der Waals surface area contributed by atoms with Gasteiger partial charge < -0.3 is 98.6 Å². The molecule has 0 saturated heterocycles. The van der Waals surface area contributed by atoms with E-state index in [0.29, 0.717) is 13.2 Å². The first-order chi connectivity index (χ1) is 39.8. The van der Waals surface area contributed by atoms with Crippen molar-refractivity contribution in [1.82, 2.24) is 47.4 Å². The predicted octanol–water partition coefficient (Wildman–Crippen LogP) is -1.18. The quantitative estimate of drug-likeness (QED) is 0.0586. The zero-order chi connectivity index (χ0) is 60.2. The molecule has 0 spiro atoms. The molecule has 0 unspecified atom stereocenters. The molecule has 0 atom stereocenters. The lowest BCUT2D eigenvalue weighted by atomic mass is 9.97. The number of phenolic OH excluding ortho intramolecular Hbond substituents is 8. The van der Waals surface area contributed by atoms with Crippen LogP contribution in [0.3, 0.4) is 0 Å². The summed E-state index contributed by atoms with van der Waals surface area (Å²) in [6.45, 7) is 0.00527. The van der Waals surface area contributed by atoms with Crippen molar-refractivity contribution in [3.8, 4) is 46.0 Å². The molecule has 18 N–H and O–H groups in total.